The van der Waals surface area contributed by atoms with E-state index in [1.54, 1.807) is 20.8 Å². The van der Waals surface area contributed by atoms with Crippen LogP contribution < -0.4 is 10.0 Å². The van der Waals surface area contributed by atoms with Gasteiger partial charge in [-0.2, -0.15) is 0 Å². The minimum absolute atomic E-state index is 0.0497. The van der Waals surface area contributed by atoms with E-state index in [0.717, 1.165) is 4.90 Å². The first-order valence-corrected chi connectivity index (χ1v) is 10.3. The van der Waals surface area contributed by atoms with Crippen LogP contribution in [0, 0.1) is 0 Å². The van der Waals surface area contributed by atoms with E-state index in [4.69, 9.17) is 0 Å². The van der Waals surface area contributed by atoms with Crippen molar-refractivity contribution in [2.24, 2.45) is 0 Å². The van der Waals surface area contributed by atoms with E-state index in [9.17, 15) is 22.8 Å². The molecule has 0 saturated heterocycles. The number of rotatable bonds is 4. The number of nitrogens with zero attached hydrogens (tertiary/aromatic N) is 1. The van der Waals surface area contributed by atoms with E-state index in [-0.39, 0.29) is 27.5 Å². The highest BCUT2D eigenvalue weighted by Gasteiger charge is 2.32. The van der Waals surface area contributed by atoms with Crippen molar-refractivity contribution in [3.8, 4) is 0 Å². The Labute approximate surface area is 169 Å². The SMILES string of the molecule is CN1C(=O)c2ccc(NC(=O)c3ccc(S(=O)(=O)NC(C)(C)C)cc3)cc2C1=O. The summed E-state index contributed by atoms with van der Waals surface area (Å²) in [4.78, 5) is 37.5. The number of benzene rings is 2. The minimum Gasteiger partial charge on any atom is -0.322 e. The molecule has 0 spiro atoms. The van der Waals surface area contributed by atoms with Crippen molar-refractivity contribution in [1.82, 2.24) is 9.62 Å². The number of sulfonamides is 1. The van der Waals surface area contributed by atoms with Crippen LogP contribution in [-0.2, 0) is 10.0 Å². The number of carbonyl (C=O) groups is 3. The van der Waals surface area contributed by atoms with Gasteiger partial charge in [-0.15, -0.1) is 0 Å². The maximum Gasteiger partial charge on any atom is 0.261 e. The molecule has 3 rings (SSSR count). The number of hydrogen-bond acceptors (Lipinski definition) is 5. The Morgan fingerprint density at radius 3 is 2.10 bits per heavy atom. The fourth-order valence-electron chi connectivity index (χ4n) is 2.89. The molecule has 0 radical (unpaired) electrons. The van der Waals surface area contributed by atoms with E-state index in [1.807, 2.05) is 0 Å². The molecule has 2 N–H and O–H groups in total. The molecule has 152 valence electrons. The van der Waals surface area contributed by atoms with Crippen molar-refractivity contribution >= 4 is 33.4 Å². The summed E-state index contributed by atoms with van der Waals surface area (Å²) in [5, 5.41) is 2.65. The van der Waals surface area contributed by atoms with Crippen molar-refractivity contribution in [2.75, 3.05) is 12.4 Å². The largest absolute Gasteiger partial charge is 0.322 e. The summed E-state index contributed by atoms with van der Waals surface area (Å²) in [6, 6.07) is 9.98. The normalized spacial score (nSPS) is 14.1. The minimum atomic E-state index is -3.70. The maximum absolute atomic E-state index is 12.5. The first-order chi connectivity index (χ1) is 13.4. The standard InChI is InChI=1S/C20H21N3O5S/c1-20(2,3)22-29(27,28)14-8-5-12(6-9-14)17(24)21-13-7-10-15-16(11-13)19(26)23(4)18(15)25/h5-11,22H,1-4H3,(H,21,24). The summed E-state index contributed by atoms with van der Waals surface area (Å²) < 4.78 is 27.2. The third kappa shape index (κ3) is 4.20. The molecule has 0 unspecified atom stereocenters. The topological polar surface area (TPSA) is 113 Å². The van der Waals surface area contributed by atoms with Crippen molar-refractivity contribution in [3.63, 3.8) is 0 Å². The van der Waals surface area contributed by atoms with Gasteiger partial charge < -0.3 is 5.32 Å². The second-order valence-electron chi connectivity index (χ2n) is 7.76. The van der Waals surface area contributed by atoms with E-state index < -0.39 is 27.4 Å². The van der Waals surface area contributed by atoms with E-state index in [1.165, 1.54) is 49.5 Å². The second-order valence-corrected chi connectivity index (χ2v) is 9.45. The van der Waals surface area contributed by atoms with Crippen molar-refractivity contribution in [2.45, 2.75) is 31.2 Å². The van der Waals surface area contributed by atoms with Gasteiger partial charge in [-0.3, -0.25) is 19.3 Å². The van der Waals surface area contributed by atoms with Gasteiger partial charge in [-0.05, 0) is 63.2 Å². The summed E-state index contributed by atoms with van der Waals surface area (Å²) in [7, 11) is -2.30. The Hall–Kier alpha value is -3.04. The summed E-state index contributed by atoms with van der Waals surface area (Å²) >= 11 is 0. The summed E-state index contributed by atoms with van der Waals surface area (Å²) in [6.07, 6.45) is 0. The number of nitrogens with one attached hydrogen (secondary N) is 2. The van der Waals surface area contributed by atoms with Crippen molar-refractivity contribution in [3.05, 3.63) is 59.2 Å². The lowest BCUT2D eigenvalue weighted by Gasteiger charge is -2.20. The van der Waals surface area contributed by atoms with Crippen LogP contribution in [0.2, 0.25) is 0 Å². The molecule has 0 atom stereocenters. The maximum atomic E-state index is 12.5. The van der Waals surface area contributed by atoms with Crippen LogP contribution in [0.25, 0.3) is 0 Å². The zero-order chi connectivity index (χ0) is 21.6. The van der Waals surface area contributed by atoms with Gasteiger partial charge in [0.1, 0.15) is 0 Å². The fourth-order valence-corrected chi connectivity index (χ4v) is 4.31. The fraction of sp³-hybridized carbons (Fsp3) is 0.250. The smallest absolute Gasteiger partial charge is 0.261 e. The highest BCUT2D eigenvalue weighted by atomic mass is 32.2. The van der Waals surface area contributed by atoms with Gasteiger partial charge in [-0.25, -0.2) is 13.1 Å². The number of carbonyl (C=O) groups excluding carboxylic acids is 3. The van der Waals surface area contributed by atoms with Crippen LogP contribution in [-0.4, -0.2) is 43.6 Å². The molecule has 0 aromatic heterocycles. The van der Waals surface area contributed by atoms with Gasteiger partial charge in [0, 0.05) is 23.8 Å². The van der Waals surface area contributed by atoms with Crippen LogP contribution in [0.4, 0.5) is 5.69 Å². The Morgan fingerprint density at radius 1 is 0.931 bits per heavy atom. The quantitative estimate of drug-likeness (QED) is 0.744. The lowest BCUT2D eigenvalue weighted by Crippen LogP contribution is -2.40. The first-order valence-electron chi connectivity index (χ1n) is 8.81. The lowest BCUT2D eigenvalue weighted by atomic mass is 10.1. The third-order valence-electron chi connectivity index (χ3n) is 4.21. The summed E-state index contributed by atoms with van der Waals surface area (Å²) in [5.74, 6) is -1.28. The number of anilines is 1. The third-order valence-corrected chi connectivity index (χ3v) is 5.99. The van der Waals surface area contributed by atoms with Gasteiger partial charge in [0.05, 0.1) is 16.0 Å². The Kier molecular flexibility index (Phi) is 5.06. The molecule has 1 aliphatic rings. The highest BCUT2D eigenvalue weighted by molar-refractivity contribution is 7.89. The zero-order valence-corrected chi connectivity index (χ0v) is 17.3. The molecule has 8 nitrogen and oxygen atoms in total. The second kappa shape index (κ2) is 7.09. The molecule has 3 amide bonds. The van der Waals surface area contributed by atoms with E-state index in [0.29, 0.717) is 5.69 Å². The molecule has 0 saturated carbocycles. The van der Waals surface area contributed by atoms with Crippen LogP contribution in [0.15, 0.2) is 47.4 Å². The van der Waals surface area contributed by atoms with Crippen LogP contribution in [0.1, 0.15) is 51.8 Å². The average Bonchev–Trinajstić information content (AvgIpc) is 2.84. The molecule has 2 aromatic carbocycles. The van der Waals surface area contributed by atoms with Gasteiger partial charge in [0.2, 0.25) is 10.0 Å². The molecule has 29 heavy (non-hydrogen) atoms. The molecule has 1 heterocycles. The number of imide groups is 1. The highest BCUT2D eigenvalue weighted by Crippen LogP contribution is 2.25. The van der Waals surface area contributed by atoms with Crippen LogP contribution in [0.5, 0.6) is 0 Å². The molecule has 9 heteroatoms. The monoisotopic (exact) mass is 415 g/mol. The van der Waals surface area contributed by atoms with Crippen LogP contribution in [0.3, 0.4) is 0 Å². The first kappa shape index (κ1) is 20.7. The Balaban J connectivity index is 1.78. The lowest BCUT2D eigenvalue weighted by molar-refractivity contribution is 0.0692. The van der Waals surface area contributed by atoms with Crippen molar-refractivity contribution < 1.29 is 22.8 Å². The number of amides is 3. The molecule has 1 aliphatic heterocycles. The van der Waals surface area contributed by atoms with Gasteiger partial charge in [0.15, 0.2) is 0 Å². The predicted molar refractivity (Wildman–Crippen MR) is 107 cm³/mol. The molecular formula is C20H21N3O5S. The van der Waals surface area contributed by atoms with Gasteiger partial charge in [0.25, 0.3) is 17.7 Å². The van der Waals surface area contributed by atoms with E-state index >= 15 is 0 Å². The molecular weight excluding hydrogens is 394 g/mol. The Morgan fingerprint density at radius 2 is 1.52 bits per heavy atom. The molecule has 0 aliphatic carbocycles. The molecule has 0 fully saturated rings. The summed E-state index contributed by atoms with van der Waals surface area (Å²) in [6.45, 7) is 5.21. The zero-order valence-electron chi connectivity index (χ0n) is 16.4. The average molecular weight is 415 g/mol. The Bertz CT molecular complexity index is 1120. The number of hydrogen-bond donors (Lipinski definition) is 2. The predicted octanol–water partition coefficient (Wildman–Crippen LogP) is 2.24. The van der Waals surface area contributed by atoms with E-state index in [2.05, 4.69) is 10.0 Å². The molecule has 0 bridgehead atoms. The summed E-state index contributed by atoms with van der Waals surface area (Å²) in [5.41, 5.74) is 0.493. The van der Waals surface area contributed by atoms with Gasteiger partial charge in [-0.1, -0.05) is 0 Å². The van der Waals surface area contributed by atoms with Gasteiger partial charge >= 0.3 is 0 Å². The van der Waals surface area contributed by atoms with Crippen molar-refractivity contribution in [1.29, 1.82) is 0 Å². The molecule has 2 aromatic rings. The number of fused-ring (bicyclic) bond motifs is 1. The van der Waals surface area contributed by atoms with Crippen LogP contribution >= 0.6 is 0 Å².